The highest BCUT2D eigenvalue weighted by molar-refractivity contribution is 7.10. The second-order valence-electron chi connectivity index (χ2n) is 7.41. The summed E-state index contributed by atoms with van der Waals surface area (Å²) in [6.07, 6.45) is 3.88. The Morgan fingerprint density at radius 1 is 1.36 bits per heavy atom. The minimum Gasteiger partial charge on any atom is -0.387 e. The van der Waals surface area contributed by atoms with Crippen molar-refractivity contribution in [2.45, 2.75) is 45.6 Å². The molecule has 1 atom stereocenters. The number of carbonyl (C=O) groups is 1. The molecular weight excluding hydrogens is 374 g/mol. The molecule has 4 rings (SSSR count). The Balaban J connectivity index is 1.34. The maximum absolute atomic E-state index is 12.7. The van der Waals surface area contributed by atoms with Gasteiger partial charge >= 0.3 is 0 Å². The molecule has 7 nitrogen and oxygen atoms in total. The SMILES string of the molecule is Cc1nc2ncnn2c(C)c1CCC(=O)N1CCC(C(O)c2cccs2)CC1. The summed E-state index contributed by atoms with van der Waals surface area (Å²) in [7, 11) is 0. The number of piperidine rings is 1. The smallest absolute Gasteiger partial charge is 0.252 e. The number of hydrogen-bond acceptors (Lipinski definition) is 6. The van der Waals surface area contributed by atoms with Crippen LogP contribution in [0, 0.1) is 19.8 Å². The van der Waals surface area contributed by atoms with Crippen LogP contribution in [0.25, 0.3) is 5.78 Å². The van der Waals surface area contributed by atoms with Gasteiger partial charge in [0.05, 0.1) is 6.10 Å². The number of aliphatic hydroxyl groups is 1. The van der Waals surface area contributed by atoms with Crippen molar-refractivity contribution in [3.63, 3.8) is 0 Å². The van der Waals surface area contributed by atoms with Gasteiger partial charge in [-0.1, -0.05) is 6.07 Å². The number of aromatic nitrogens is 4. The van der Waals surface area contributed by atoms with Crippen molar-refractivity contribution in [1.82, 2.24) is 24.5 Å². The zero-order valence-electron chi connectivity index (χ0n) is 16.2. The first-order valence-corrected chi connectivity index (χ1v) is 10.6. The van der Waals surface area contributed by atoms with E-state index in [-0.39, 0.29) is 11.8 Å². The van der Waals surface area contributed by atoms with E-state index in [4.69, 9.17) is 0 Å². The van der Waals surface area contributed by atoms with E-state index in [1.165, 1.54) is 6.33 Å². The Hall–Kier alpha value is -2.32. The second kappa shape index (κ2) is 7.97. The lowest BCUT2D eigenvalue weighted by Gasteiger charge is -2.34. The van der Waals surface area contributed by atoms with Crippen molar-refractivity contribution in [3.05, 3.63) is 45.7 Å². The lowest BCUT2D eigenvalue weighted by molar-refractivity contribution is -0.133. The maximum atomic E-state index is 12.7. The fraction of sp³-hybridized carbons (Fsp3) is 0.500. The van der Waals surface area contributed by atoms with Crippen LogP contribution >= 0.6 is 11.3 Å². The van der Waals surface area contributed by atoms with Gasteiger partial charge in [-0.25, -0.2) is 9.50 Å². The summed E-state index contributed by atoms with van der Waals surface area (Å²) in [4.78, 5) is 24.3. The molecule has 1 aliphatic rings. The van der Waals surface area contributed by atoms with Crippen LogP contribution < -0.4 is 0 Å². The number of likely N-dealkylation sites (tertiary alicyclic amines) is 1. The summed E-state index contributed by atoms with van der Waals surface area (Å²) >= 11 is 1.59. The third-order valence-electron chi connectivity index (χ3n) is 5.75. The molecule has 1 fully saturated rings. The third-order valence-corrected chi connectivity index (χ3v) is 6.69. The topological polar surface area (TPSA) is 83.6 Å². The molecule has 0 spiro atoms. The van der Waals surface area contributed by atoms with Crippen molar-refractivity contribution in [2.24, 2.45) is 5.92 Å². The van der Waals surface area contributed by atoms with Gasteiger partial charge < -0.3 is 10.0 Å². The predicted molar refractivity (Wildman–Crippen MR) is 107 cm³/mol. The monoisotopic (exact) mass is 399 g/mol. The average molecular weight is 400 g/mol. The lowest BCUT2D eigenvalue weighted by Crippen LogP contribution is -2.39. The number of thiophene rings is 1. The molecule has 0 bridgehead atoms. The quantitative estimate of drug-likeness (QED) is 0.713. The average Bonchev–Trinajstić information content (AvgIpc) is 3.39. The molecule has 0 saturated carbocycles. The molecule has 148 valence electrons. The highest BCUT2D eigenvalue weighted by atomic mass is 32.1. The number of nitrogens with zero attached hydrogens (tertiary/aromatic N) is 5. The summed E-state index contributed by atoms with van der Waals surface area (Å²) in [5.74, 6) is 0.990. The van der Waals surface area contributed by atoms with E-state index in [2.05, 4.69) is 15.1 Å². The van der Waals surface area contributed by atoms with Crippen molar-refractivity contribution in [3.8, 4) is 0 Å². The van der Waals surface area contributed by atoms with Crippen molar-refractivity contribution < 1.29 is 9.90 Å². The number of amides is 1. The van der Waals surface area contributed by atoms with E-state index in [0.717, 1.165) is 34.7 Å². The number of aryl methyl sites for hydroxylation is 2. The third kappa shape index (κ3) is 3.66. The minimum atomic E-state index is -0.414. The molecule has 1 amide bonds. The molecule has 0 radical (unpaired) electrons. The van der Waals surface area contributed by atoms with Crippen molar-refractivity contribution >= 4 is 23.0 Å². The summed E-state index contributed by atoms with van der Waals surface area (Å²) in [5, 5.41) is 16.7. The number of aliphatic hydroxyl groups excluding tert-OH is 1. The highest BCUT2D eigenvalue weighted by Gasteiger charge is 2.28. The standard InChI is InChI=1S/C20H25N5O2S/c1-13-16(14(2)25-20(23-13)21-12-22-25)5-6-18(26)24-9-7-15(8-10-24)19(27)17-4-3-11-28-17/h3-4,11-12,15,19,27H,5-10H2,1-2H3. The molecule has 4 heterocycles. The van der Waals surface area contributed by atoms with Gasteiger partial charge in [0.1, 0.15) is 6.33 Å². The van der Waals surface area contributed by atoms with Crippen molar-refractivity contribution in [2.75, 3.05) is 13.1 Å². The first-order chi connectivity index (χ1) is 13.5. The van der Waals surface area contributed by atoms with E-state index in [1.54, 1.807) is 15.9 Å². The van der Waals surface area contributed by atoms with Gasteiger partial charge in [-0.2, -0.15) is 10.1 Å². The Bertz CT molecular complexity index is 961. The second-order valence-corrected chi connectivity index (χ2v) is 8.39. The molecule has 3 aromatic rings. The highest BCUT2D eigenvalue weighted by Crippen LogP contribution is 2.33. The number of fused-ring (bicyclic) bond motifs is 1. The van der Waals surface area contributed by atoms with Crippen LogP contribution in [0.4, 0.5) is 0 Å². The van der Waals surface area contributed by atoms with Crippen LogP contribution in [-0.4, -0.2) is 48.6 Å². The van der Waals surface area contributed by atoms with Gasteiger partial charge in [0.25, 0.3) is 5.78 Å². The fourth-order valence-electron chi connectivity index (χ4n) is 4.06. The summed E-state index contributed by atoms with van der Waals surface area (Å²) in [6, 6.07) is 3.95. The predicted octanol–water partition coefficient (Wildman–Crippen LogP) is 2.71. The van der Waals surface area contributed by atoms with Gasteiger partial charge in [0.15, 0.2) is 0 Å². The van der Waals surface area contributed by atoms with Gasteiger partial charge in [-0.3, -0.25) is 4.79 Å². The summed E-state index contributed by atoms with van der Waals surface area (Å²) in [6.45, 7) is 5.38. The van der Waals surface area contributed by atoms with E-state index in [0.29, 0.717) is 31.7 Å². The summed E-state index contributed by atoms with van der Waals surface area (Å²) < 4.78 is 1.73. The Kier molecular flexibility index (Phi) is 5.41. The van der Waals surface area contributed by atoms with Gasteiger partial charge in [0.2, 0.25) is 5.91 Å². The zero-order chi connectivity index (χ0) is 19.7. The zero-order valence-corrected chi connectivity index (χ0v) is 17.0. The molecule has 0 aromatic carbocycles. The van der Waals surface area contributed by atoms with Crippen LogP contribution in [0.15, 0.2) is 23.8 Å². The molecule has 1 unspecified atom stereocenters. The number of rotatable bonds is 5. The Labute approximate surface area is 168 Å². The molecule has 0 aliphatic carbocycles. The minimum absolute atomic E-state index is 0.168. The number of hydrogen-bond donors (Lipinski definition) is 1. The van der Waals surface area contributed by atoms with Crippen LogP contribution in [0.2, 0.25) is 0 Å². The van der Waals surface area contributed by atoms with E-state index < -0.39 is 6.10 Å². The van der Waals surface area contributed by atoms with E-state index in [9.17, 15) is 9.90 Å². The van der Waals surface area contributed by atoms with E-state index >= 15 is 0 Å². The molecule has 1 aliphatic heterocycles. The van der Waals surface area contributed by atoms with Crippen LogP contribution in [0.5, 0.6) is 0 Å². The lowest BCUT2D eigenvalue weighted by atomic mass is 9.90. The molecule has 28 heavy (non-hydrogen) atoms. The fourth-order valence-corrected chi connectivity index (χ4v) is 4.87. The molecule has 1 saturated heterocycles. The maximum Gasteiger partial charge on any atom is 0.252 e. The van der Waals surface area contributed by atoms with Crippen LogP contribution in [-0.2, 0) is 11.2 Å². The first-order valence-electron chi connectivity index (χ1n) is 9.69. The number of carbonyl (C=O) groups excluding carboxylic acids is 1. The Morgan fingerprint density at radius 2 is 2.14 bits per heavy atom. The van der Waals surface area contributed by atoms with Gasteiger partial charge in [-0.15, -0.1) is 11.3 Å². The molecule has 8 heteroatoms. The summed E-state index contributed by atoms with van der Waals surface area (Å²) in [5.41, 5.74) is 2.96. The Morgan fingerprint density at radius 3 is 2.86 bits per heavy atom. The molecular formula is C20H25N5O2S. The van der Waals surface area contributed by atoms with E-state index in [1.807, 2.05) is 36.3 Å². The first kappa shape index (κ1) is 19.0. The van der Waals surface area contributed by atoms with Crippen molar-refractivity contribution in [1.29, 1.82) is 0 Å². The van der Waals surface area contributed by atoms with Gasteiger partial charge in [0, 0.05) is 35.8 Å². The van der Waals surface area contributed by atoms with Gasteiger partial charge in [-0.05, 0) is 56.0 Å². The normalized spacial score (nSPS) is 16.6. The van der Waals surface area contributed by atoms with Crippen LogP contribution in [0.1, 0.15) is 47.2 Å². The largest absolute Gasteiger partial charge is 0.387 e. The molecule has 3 aromatic heterocycles. The van der Waals surface area contributed by atoms with Crippen LogP contribution in [0.3, 0.4) is 0 Å². The molecule has 1 N–H and O–H groups in total.